The van der Waals surface area contributed by atoms with Crippen molar-refractivity contribution >= 4 is 0 Å². The zero-order valence-corrected chi connectivity index (χ0v) is 12.6. The van der Waals surface area contributed by atoms with Crippen molar-refractivity contribution in [1.29, 1.82) is 0 Å². The molecule has 0 amide bonds. The fraction of sp³-hybridized carbons (Fsp3) is 0.647. The molecule has 0 aliphatic heterocycles. The van der Waals surface area contributed by atoms with Crippen LogP contribution in [0.4, 0.5) is 4.39 Å². The highest BCUT2D eigenvalue weighted by Crippen LogP contribution is 2.36. The lowest BCUT2D eigenvalue weighted by Crippen LogP contribution is -2.32. The highest BCUT2D eigenvalue weighted by atomic mass is 19.1. The summed E-state index contributed by atoms with van der Waals surface area (Å²) >= 11 is 0. The summed E-state index contributed by atoms with van der Waals surface area (Å²) in [4.78, 5) is 0. The van der Waals surface area contributed by atoms with Gasteiger partial charge in [-0.15, -0.1) is 0 Å². The smallest absolute Gasteiger partial charge is 0.168 e. The van der Waals surface area contributed by atoms with Gasteiger partial charge in [0.05, 0.1) is 13.2 Å². The second kappa shape index (κ2) is 6.57. The highest BCUT2D eigenvalue weighted by molar-refractivity contribution is 5.31. The lowest BCUT2D eigenvalue weighted by Gasteiger charge is -2.35. The van der Waals surface area contributed by atoms with E-state index in [1.165, 1.54) is 7.11 Å². The van der Waals surface area contributed by atoms with Crippen molar-refractivity contribution in [3.05, 3.63) is 29.6 Å². The van der Waals surface area contributed by atoms with Gasteiger partial charge in [-0.1, -0.05) is 26.0 Å². The monoisotopic (exact) mass is 280 g/mol. The van der Waals surface area contributed by atoms with Gasteiger partial charge < -0.3 is 9.84 Å². The van der Waals surface area contributed by atoms with Crippen LogP contribution in [0.25, 0.3) is 0 Å². The average molecular weight is 280 g/mol. The van der Waals surface area contributed by atoms with Gasteiger partial charge in [-0.05, 0) is 55.1 Å². The molecule has 112 valence electrons. The molecule has 1 aliphatic carbocycles. The Morgan fingerprint density at radius 1 is 1.35 bits per heavy atom. The van der Waals surface area contributed by atoms with E-state index in [4.69, 9.17) is 4.74 Å². The Kier molecular flexibility index (Phi) is 5.03. The van der Waals surface area contributed by atoms with Crippen LogP contribution in [-0.4, -0.2) is 18.3 Å². The Morgan fingerprint density at radius 2 is 2.10 bits per heavy atom. The number of ether oxygens (including phenoxy) is 1. The van der Waals surface area contributed by atoms with Gasteiger partial charge in [-0.3, -0.25) is 0 Å². The van der Waals surface area contributed by atoms with Crippen LogP contribution >= 0.6 is 0 Å². The first-order valence-corrected chi connectivity index (χ1v) is 7.52. The second-order valence-corrected chi connectivity index (χ2v) is 6.28. The van der Waals surface area contributed by atoms with Crippen LogP contribution in [0.1, 0.15) is 38.7 Å². The number of rotatable bonds is 4. The van der Waals surface area contributed by atoms with Crippen LogP contribution in [0.15, 0.2) is 18.2 Å². The number of methoxy groups -OCH3 is 1. The van der Waals surface area contributed by atoms with Crippen LogP contribution in [0.2, 0.25) is 0 Å². The van der Waals surface area contributed by atoms with E-state index in [-0.39, 0.29) is 23.6 Å². The summed E-state index contributed by atoms with van der Waals surface area (Å²) in [6, 6.07) is 5.24. The molecule has 0 aromatic heterocycles. The third-order valence-electron chi connectivity index (χ3n) is 4.67. The maximum Gasteiger partial charge on any atom is 0.168 e. The number of hydrogen-bond donors (Lipinski definition) is 1. The predicted molar refractivity (Wildman–Crippen MR) is 78.3 cm³/mol. The molecule has 2 nitrogen and oxygen atoms in total. The van der Waals surface area contributed by atoms with Crippen molar-refractivity contribution in [3.8, 4) is 5.75 Å². The van der Waals surface area contributed by atoms with Gasteiger partial charge in [0.25, 0.3) is 0 Å². The minimum atomic E-state index is -0.310. The Hall–Kier alpha value is -1.09. The minimum absolute atomic E-state index is 0.151. The van der Waals surface area contributed by atoms with Gasteiger partial charge >= 0.3 is 0 Å². The molecule has 0 radical (unpaired) electrons. The predicted octanol–water partition coefficient (Wildman–Crippen LogP) is 3.81. The third kappa shape index (κ3) is 3.32. The molecule has 0 bridgehead atoms. The Labute approximate surface area is 121 Å². The molecule has 0 saturated heterocycles. The number of benzene rings is 1. The van der Waals surface area contributed by atoms with Crippen LogP contribution in [0.5, 0.6) is 5.75 Å². The van der Waals surface area contributed by atoms with E-state index >= 15 is 0 Å². The second-order valence-electron chi connectivity index (χ2n) is 6.28. The standard InChI is InChI=1S/C17H25FO2/c1-11(2)12-7-8-15(19)14(9-12)10-13-5-4-6-16(20-3)17(13)18/h4-6,11-12,14-15,19H,7-10H2,1-3H3. The minimum Gasteiger partial charge on any atom is -0.494 e. The Balaban J connectivity index is 2.11. The van der Waals surface area contributed by atoms with Gasteiger partial charge in [0.1, 0.15) is 0 Å². The Bertz CT molecular complexity index is 445. The summed E-state index contributed by atoms with van der Waals surface area (Å²) < 4.78 is 19.2. The zero-order valence-electron chi connectivity index (χ0n) is 12.6. The molecule has 1 aliphatic rings. The molecule has 20 heavy (non-hydrogen) atoms. The maximum absolute atomic E-state index is 14.2. The first-order valence-electron chi connectivity index (χ1n) is 7.52. The van der Waals surface area contributed by atoms with Gasteiger partial charge in [-0.2, -0.15) is 0 Å². The molecular formula is C17H25FO2. The molecule has 2 rings (SSSR count). The zero-order chi connectivity index (χ0) is 14.7. The van der Waals surface area contributed by atoms with Crippen molar-refractivity contribution in [3.63, 3.8) is 0 Å². The molecule has 1 fully saturated rings. The maximum atomic E-state index is 14.2. The van der Waals surface area contributed by atoms with Gasteiger partial charge in [0, 0.05) is 0 Å². The summed E-state index contributed by atoms with van der Waals surface area (Å²) in [7, 11) is 1.48. The number of halogens is 1. The van der Waals surface area contributed by atoms with Crippen LogP contribution in [0.3, 0.4) is 0 Å². The van der Waals surface area contributed by atoms with Gasteiger partial charge in [0.15, 0.2) is 11.6 Å². The molecule has 3 heteroatoms. The van der Waals surface area contributed by atoms with Crippen LogP contribution in [0, 0.1) is 23.6 Å². The Morgan fingerprint density at radius 3 is 2.75 bits per heavy atom. The van der Waals surface area contributed by atoms with Crippen molar-refractivity contribution in [2.75, 3.05) is 7.11 Å². The lowest BCUT2D eigenvalue weighted by molar-refractivity contribution is 0.0374. The van der Waals surface area contributed by atoms with Crippen molar-refractivity contribution in [1.82, 2.24) is 0 Å². The van der Waals surface area contributed by atoms with E-state index < -0.39 is 0 Å². The number of hydrogen-bond acceptors (Lipinski definition) is 2. The van der Waals surface area contributed by atoms with Crippen LogP contribution < -0.4 is 4.74 Å². The molecule has 3 atom stereocenters. The number of aliphatic hydroxyl groups excluding tert-OH is 1. The largest absolute Gasteiger partial charge is 0.494 e. The van der Waals surface area contributed by atoms with Crippen LogP contribution in [-0.2, 0) is 6.42 Å². The average Bonchev–Trinajstić information content (AvgIpc) is 2.43. The van der Waals surface area contributed by atoms with E-state index in [2.05, 4.69) is 13.8 Å². The first-order chi connectivity index (χ1) is 9.52. The first kappa shape index (κ1) is 15.3. The van der Waals surface area contributed by atoms with Crippen molar-refractivity contribution in [2.45, 2.75) is 45.6 Å². The molecule has 0 heterocycles. The molecule has 1 aromatic carbocycles. The quantitative estimate of drug-likeness (QED) is 0.908. The third-order valence-corrected chi connectivity index (χ3v) is 4.67. The topological polar surface area (TPSA) is 29.5 Å². The van der Waals surface area contributed by atoms with E-state index in [9.17, 15) is 9.50 Å². The summed E-state index contributed by atoms with van der Waals surface area (Å²) in [5.41, 5.74) is 0.651. The van der Waals surface area contributed by atoms with E-state index in [1.807, 2.05) is 6.07 Å². The highest BCUT2D eigenvalue weighted by Gasteiger charge is 2.31. The number of aliphatic hydroxyl groups is 1. The molecule has 3 unspecified atom stereocenters. The molecule has 1 N–H and O–H groups in total. The normalized spacial score (nSPS) is 26.8. The molecule has 1 saturated carbocycles. The molecule has 0 spiro atoms. The fourth-order valence-electron chi connectivity index (χ4n) is 3.26. The lowest BCUT2D eigenvalue weighted by atomic mass is 9.73. The van der Waals surface area contributed by atoms with Crippen molar-refractivity contribution < 1.29 is 14.2 Å². The van der Waals surface area contributed by atoms with Gasteiger partial charge in [-0.25, -0.2) is 4.39 Å². The SMILES string of the molecule is COc1cccc(CC2CC(C(C)C)CCC2O)c1F. The van der Waals surface area contributed by atoms with E-state index in [0.717, 1.165) is 19.3 Å². The summed E-state index contributed by atoms with van der Waals surface area (Å²) in [6.07, 6.45) is 3.17. The molecule has 1 aromatic rings. The van der Waals surface area contributed by atoms with E-state index in [1.54, 1.807) is 12.1 Å². The van der Waals surface area contributed by atoms with Gasteiger partial charge in [0.2, 0.25) is 0 Å². The van der Waals surface area contributed by atoms with Crippen molar-refractivity contribution in [2.24, 2.45) is 17.8 Å². The van der Waals surface area contributed by atoms with E-state index in [0.29, 0.717) is 23.8 Å². The summed E-state index contributed by atoms with van der Waals surface area (Å²) in [5, 5.41) is 10.2. The molecular weight excluding hydrogens is 255 g/mol. The summed E-state index contributed by atoms with van der Waals surface area (Å²) in [6.45, 7) is 4.46. The fourth-order valence-corrected chi connectivity index (χ4v) is 3.26. The summed E-state index contributed by atoms with van der Waals surface area (Å²) in [5.74, 6) is 1.41.